The Balaban J connectivity index is 0.000000482. The summed E-state index contributed by atoms with van der Waals surface area (Å²) in [6.45, 7) is 9.04. The molecule has 0 fully saturated rings. The fourth-order valence-corrected chi connectivity index (χ4v) is 3.29. The Labute approximate surface area is 193 Å². The van der Waals surface area contributed by atoms with Gasteiger partial charge in [-0.2, -0.15) is 0 Å². The summed E-state index contributed by atoms with van der Waals surface area (Å²) in [6, 6.07) is 3.48. The number of hydrogen-bond acceptors (Lipinski definition) is 3. The molecule has 0 saturated heterocycles. The zero-order valence-electron chi connectivity index (χ0n) is 18.8. The molecule has 168 valence electrons. The number of aromatic nitrogens is 2. The van der Waals surface area contributed by atoms with Crippen LogP contribution >= 0.6 is 11.8 Å². The number of H-pyrrole nitrogens is 1. The molecule has 2 heterocycles. The largest absolute Gasteiger partial charge is 0.478 e. The maximum absolute atomic E-state index is 13.4. The van der Waals surface area contributed by atoms with Crippen molar-refractivity contribution >= 4 is 23.8 Å². The van der Waals surface area contributed by atoms with Gasteiger partial charge in [-0.3, -0.25) is 4.98 Å². The molecule has 2 N–H and O–H groups in total. The van der Waals surface area contributed by atoms with Crippen molar-refractivity contribution in [1.29, 1.82) is 0 Å². The van der Waals surface area contributed by atoms with Crippen LogP contribution in [0.4, 0.5) is 4.39 Å². The number of carbonyl (C=O) groups is 1. The minimum Gasteiger partial charge on any atom is -0.478 e. The van der Waals surface area contributed by atoms with Crippen LogP contribution in [-0.2, 0) is 0 Å². The van der Waals surface area contributed by atoms with E-state index in [0.717, 1.165) is 5.56 Å². The van der Waals surface area contributed by atoms with Gasteiger partial charge in [-0.15, -0.1) is 11.8 Å². The second-order valence-corrected chi connectivity index (χ2v) is 7.25. The molecule has 2 aromatic heterocycles. The number of allylic oxidation sites excluding steroid dienone is 9. The van der Waals surface area contributed by atoms with E-state index >= 15 is 0 Å². The zero-order valence-corrected chi connectivity index (χ0v) is 19.6. The molecule has 32 heavy (non-hydrogen) atoms. The van der Waals surface area contributed by atoms with Gasteiger partial charge >= 0.3 is 5.97 Å². The first-order valence-electron chi connectivity index (χ1n) is 9.91. The Morgan fingerprint density at radius 3 is 2.38 bits per heavy atom. The monoisotopic (exact) mass is 452 g/mol. The number of nitrogens with one attached hydrogen (secondary N) is 1. The lowest BCUT2D eigenvalue weighted by atomic mass is 10.0. The molecule has 6 heteroatoms. The van der Waals surface area contributed by atoms with Crippen molar-refractivity contribution in [3.8, 4) is 11.1 Å². The number of carboxylic acid groups (broad SMARTS) is 1. The maximum Gasteiger partial charge on any atom is 0.338 e. The van der Waals surface area contributed by atoms with E-state index in [0.29, 0.717) is 17.0 Å². The van der Waals surface area contributed by atoms with Crippen molar-refractivity contribution in [3.63, 3.8) is 0 Å². The van der Waals surface area contributed by atoms with Crippen molar-refractivity contribution in [2.45, 2.75) is 20.8 Å². The van der Waals surface area contributed by atoms with Crippen LogP contribution in [0.5, 0.6) is 0 Å². The van der Waals surface area contributed by atoms with Crippen molar-refractivity contribution in [3.05, 3.63) is 107 Å². The summed E-state index contributed by atoms with van der Waals surface area (Å²) in [6.07, 6.45) is 20.6. The summed E-state index contributed by atoms with van der Waals surface area (Å²) in [4.78, 5) is 19.8. The van der Waals surface area contributed by atoms with Crippen molar-refractivity contribution in [1.82, 2.24) is 9.97 Å². The SMILES string of the molecule is C=C/C=C(\C=C/C)SC.C\C=C/C(F)=C\C=C\c1[nH]c(C)c(C(=O)O)c1-c1ccncc1. The molecule has 0 radical (unpaired) electrons. The average Bonchev–Trinajstić information content (AvgIpc) is 3.11. The molecule has 0 atom stereocenters. The highest BCUT2D eigenvalue weighted by Gasteiger charge is 2.20. The van der Waals surface area contributed by atoms with Gasteiger partial charge in [0.15, 0.2) is 0 Å². The molecule has 0 aliphatic heterocycles. The fourth-order valence-electron chi connectivity index (χ4n) is 2.78. The van der Waals surface area contributed by atoms with E-state index in [1.54, 1.807) is 68.4 Å². The fraction of sp³-hybridized carbons (Fsp3) is 0.154. The molecule has 2 rings (SSSR count). The van der Waals surface area contributed by atoms with E-state index in [1.807, 2.05) is 19.1 Å². The molecule has 0 bridgehead atoms. The van der Waals surface area contributed by atoms with Gasteiger partial charge in [-0.05, 0) is 69.0 Å². The topological polar surface area (TPSA) is 66.0 Å². The van der Waals surface area contributed by atoms with Crippen molar-refractivity contribution in [2.24, 2.45) is 0 Å². The molecule has 0 aromatic carbocycles. The molecule has 0 aliphatic carbocycles. The van der Waals surface area contributed by atoms with Crippen LogP contribution in [0.25, 0.3) is 17.2 Å². The maximum atomic E-state index is 13.4. The van der Waals surface area contributed by atoms with E-state index in [1.165, 1.54) is 23.1 Å². The van der Waals surface area contributed by atoms with E-state index in [9.17, 15) is 14.3 Å². The lowest BCUT2D eigenvalue weighted by Gasteiger charge is -2.03. The van der Waals surface area contributed by atoms with Gasteiger partial charge in [0.25, 0.3) is 0 Å². The van der Waals surface area contributed by atoms with Crippen LogP contribution in [0.2, 0.25) is 0 Å². The molecule has 0 unspecified atom stereocenters. The average molecular weight is 453 g/mol. The smallest absolute Gasteiger partial charge is 0.338 e. The van der Waals surface area contributed by atoms with Gasteiger partial charge in [0.05, 0.1) is 5.56 Å². The van der Waals surface area contributed by atoms with Gasteiger partial charge < -0.3 is 10.1 Å². The normalized spacial score (nSPS) is 12.4. The van der Waals surface area contributed by atoms with Gasteiger partial charge in [-0.1, -0.05) is 37.0 Å². The summed E-state index contributed by atoms with van der Waals surface area (Å²) in [5.41, 5.74) is 2.65. The number of pyridine rings is 1. The summed E-state index contributed by atoms with van der Waals surface area (Å²) in [5, 5.41) is 9.46. The van der Waals surface area contributed by atoms with Crippen molar-refractivity contribution < 1.29 is 14.3 Å². The minimum atomic E-state index is -1.01. The van der Waals surface area contributed by atoms with E-state index in [-0.39, 0.29) is 11.4 Å². The van der Waals surface area contributed by atoms with Crippen LogP contribution in [0.15, 0.2) is 90.4 Å². The number of halogens is 1. The third kappa shape index (κ3) is 8.40. The van der Waals surface area contributed by atoms with E-state index in [4.69, 9.17) is 0 Å². The lowest BCUT2D eigenvalue weighted by molar-refractivity contribution is 0.0697. The Morgan fingerprint density at radius 1 is 1.19 bits per heavy atom. The molecular formula is C26H29FN2O2S. The standard InChI is InChI=1S/C18H17FN2O2.C8H12S/c1-3-5-14(19)6-4-7-15-17(13-8-10-20-11-9-13)16(18(22)23)12(2)21-15;1-4-6-8(9-3)7-5-2/h3-11,21H,1-2H3,(H,22,23);4-7H,1H2,2-3H3/b5-3-,7-4+,14-6+;7-5-,8-6+. The first-order valence-corrected chi connectivity index (χ1v) is 11.1. The first kappa shape index (κ1) is 26.7. The molecule has 0 amide bonds. The number of rotatable bonds is 8. The Kier molecular flexibility index (Phi) is 12.2. The van der Waals surface area contributed by atoms with E-state index < -0.39 is 5.97 Å². The molecule has 4 nitrogen and oxygen atoms in total. The van der Waals surface area contributed by atoms with Crippen LogP contribution in [0.3, 0.4) is 0 Å². The van der Waals surface area contributed by atoms with Gasteiger partial charge in [0, 0.05) is 34.3 Å². The number of carboxylic acids is 1. The van der Waals surface area contributed by atoms with Crippen molar-refractivity contribution in [2.75, 3.05) is 6.26 Å². The third-order valence-electron chi connectivity index (χ3n) is 4.09. The number of thioether (sulfide) groups is 1. The third-order valence-corrected chi connectivity index (χ3v) is 4.84. The predicted molar refractivity (Wildman–Crippen MR) is 135 cm³/mol. The van der Waals surface area contributed by atoms with Crippen LogP contribution in [-0.4, -0.2) is 27.3 Å². The van der Waals surface area contributed by atoms with E-state index in [2.05, 4.69) is 28.9 Å². The molecule has 0 aliphatic rings. The Morgan fingerprint density at radius 2 is 1.84 bits per heavy atom. The zero-order chi connectivity index (χ0) is 23.9. The van der Waals surface area contributed by atoms with Crippen LogP contribution in [0, 0.1) is 6.92 Å². The Bertz CT molecular complexity index is 1050. The van der Waals surface area contributed by atoms with Crippen LogP contribution < -0.4 is 0 Å². The summed E-state index contributed by atoms with van der Waals surface area (Å²) >= 11 is 1.72. The number of aromatic amines is 1. The Hall–Kier alpha value is -3.38. The molecule has 0 saturated carbocycles. The molecular weight excluding hydrogens is 423 g/mol. The highest BCUT2D eigenvalue weighted by atomic mass is 32.2. The number of aromatic carboxylic acids is 1. The highest BCUT2D eigenvalue weighted by Crippen LogP contribution is 2.31. The lowest BCUT2D eigenvalue weighted by Crippen LogP contribution is -1.99. The second kappa shape index (κ2) is 14.6. The van der Waals surface area contributed by atoms with Gasteiger partial charge in [-0.25, -0.2) is 9.18 Å². The summed E-state index contributed by atoms with van der Waals surface area (Å²) < 4.78 is 13.4. The second-order valence-electron chi connectivity index (χ2n) is 6.37. The van der Waals surface area contributed by atoms with Gasteiger partial charge in [0.1, 0.15) is 5.83 Å². The predicted octanol–water partition coefficient (Wildman–Crippen LogP) is 7.52. The van der Waals surface area contributed by atoms with Gasteiger partial charge in [0.2, 0.25) is 0 Å². The minimum absolute atomic E-state index is 0.203. The number of hydrogen-bond donors (Lipinski definition) is 2. The number of nitrogens with zero attached hydrogens (tertiary/aromatic N) is 1. The first-order chi connectivity index (χ1) is 15.4. The van der Waals surface area contributed by atoms with Crippen LogP contribution in [0.1, 0.15) is 35.6 Å². The summed E-state index contributed by atoms with van der Waals surface area (Å²) in [7, 11) is 0. The molecule has 0 spiro atoms. The molecule has 2 aromatic rings. The number of aryl methyl sites for hydroxylation is 1. The highest BCUT2D eigenvalue weighted by molar-refractivity contribution is 8.02. The summed E-state index contributed by atoms with van der Waals surface area (Å²) in [5.74, 6) is -1.39. The quantitative estimate of drug-likeness (QED) is 0.406.